The minimum atomic E-state index is 0.539. The zero-order valence-corrected chi connectivity index (χ0v) is 13.4. The van der Waals surface area contributed by atoms with Gasteiger partial charge in [-0.1, -0.05) is 30.3 Å². The molecule has 1 N–H and O–H groups in total. The van der Waals surface area contributed by atoms with Gasteiger partial charge in [-0.2, -0.15) is 5.10 Å². The first-order valence-electron chi connectivity index (χ1n) is 7.83. The minimum Gasteiger partial charge on any atom is -0.316 e. The lowest BCUT2D eigenvalue weighted by molar-refractivity contribution is 0.489. The standard InChI is InChI=1S/C18H25N3/c1-12-15(13(2)21(4)20-12)11-18(19-3)17-10-16(17)14-8-6-5-7-9-14/h5-9,16-19H,10-11H2,1-4H3. The molecule has 3 heteroatoms. The van der Waals surface area contributed by atoms with Gasteiger partial charge in [0.2, 0.25) is 0 Å². The van der Waals surface area contributed by atoms with Crippen LogP contribution in [0.2, 0.25) is 0 Å². The number of hydrogen-bond donors (Lipinski definition) is 1. The molecular weight excluding hydrogens is 258 g/mol. The molecule has 3 atom stereocenters. The molecule has 1 aliphatic rings. The number of aryl methyl sites for hydroxylation is 2. The van der Waals surface area contributed by atoms with Crippen molar-refractivity contribution in [1.82, 2.24) is 15.1 Å². The zero-order valence-electron chi connectivity index (χ0n) is 13.4. The first-order valence-corrected chi connectivity index (χ1v) is 7.83. The molecule has 0 aliphatic heterocycles. The average molecular weight is 283 g/mol. The molecule has 3 nitrogen and oxygen atoms in total. The molecule has 0 spiro atoms. The lowest BCUT2D eigenvalue weighted by Gasteiger charge is -2.17. The fraction of sp³-hybridized carbons (Fsp3) is 0.500. The number of hydrogen-bond acceptors (Lipinski definition) is 2. The summed E-state index contributed by atoms with van der Waals surface area (Å²) in [6.07, 6.45) is 2.38. The van der Waals surface area contributed by atoms with Gasteiger partial charge in [0.15, 0.2) is 0 Å². The zero-order chi connectivity index (χ0) is 15.0. The first kappa shape index (κ1) is 14.3. The highest BCUT2D eigenvalue weighted by Gasteiger charge is 2.43. The fourth-order valence-corrected chi connectivity index (χ4v) is 3.54. The topological polar surface area (TPSA) is 29.9 Å². The lowest BCUT2D eigenvalue weighted by Crippen LogP contribution is -2.30. The average Bonchev–Trinajstić information content (AvgIpc) is 3.24. The maximum Gasteiger partial charge on any atom is 0.0628 e. The number of aromatic nitrogens is 2. The van der Waals surface area contributed by atoms with Crippen molar-refractivity contribution in [2.24, 2.45) is 13.0 Å². The summed E-state index contributed by atoms with van der Waals surface area (Å²) in [7, 11) is 4.12. The van der Waals surface area contributed by atoms with Crippen LogP contribution in [0, 0.1) is 19.8 Å². The van der Waals surface area contributed by atoms with Crippen LogP contribution in [-0.2, 0) is 13.5 Å². The van der Waals surface area contributed by atoms with E-state index in [-0.39, 0.29) is 0 Å². The predicted octanol–water partition coefficient (Wildman–Crippen LogP) is 2.97. The quantitative estimate of drug-likeness (QED) is 0.914. The Hall–Kier alpha value is -1.61. The van der Waals surface area contributed by atoms with Crippen LogP contribution in [0.4, 0.5) is 0 Å². The van der Waals surface area contributed by atoms with Gasteiger partial charge >= 0.3 is 0 Å². The van der Waals surface area contributed by atoms with E-state index in [4.69, 9.17) is 0 Å². The molecule has 1 fully saturated rings. The third-order valence-corrected chi connectivity index (χ3v) is 5.04. The van der Waals surface area contributed by atoms with Crippen LogP contribution in [-0.4, -0.2) is 22.9 Å². The Labute approximate surface area is 127 Å². The van der Waals surface area contributed by atoms with Gasteiger partial charge < -0.3 is 5.32 Å². The lowest BCUT2D eigenvalue weighted by atomic mass is 9.98. The van der Waals surface area contributed by atoms with Crippen LogP contribution in [0.1, 0.15) is 34.9 Å². The van der Waals surface area contributed by atoms with Crippen molar-refractivity contribution in [2.45, 2.75) is 38.6 Å². The normalized spacial score (nSPS) is 22.3. The third kappa shape index (κ3) is 2.75. The van der Waals surface area contributed by atoms with E-state index in [0.717, 1.165) is 18.3 Å². The molecule has 1 aromatic carbocycles. The maximum atomic E-state index is 4.54. The number of benzene rings is 1. The minimum absolute atomic E-state index is 0.539. The second-order valence-corrected chi connectivity index (χ2v) is 6.29. The van der Waals surface area contributed by atoms with Gasteiger partial charge in [0.25, 0.3) is 0 Å². The molecule has 2 aromatic rings. The van der Waals surface area contributed by atoms with Crippen molar-refractivity contribution in [3.63, 3.8) is 0 Å². The van der Waals surface area contributed by atoms with E-state index >= 15 is 0 Å². The van der Waals surface area contributed by atoms with Gasteiger partial charge in [-0.05, 0) is 56.7 Å². The first-order chi connectivity index (χ1) is 10.1. The van der Waals surface area contributed by atoms with Gasteiger partial charge in [0.05, 0.1) is 5.69 Å². The molecule has 21 heavy (non-hydrogen) atoms. The van der Waals surface area contributed by atoms with Gasteiger partial charge in [0, 0.05) is 18.8 Å². The summed E-state index contributed by atoms with van der Waals surface area (Å²) in [5.41, 5.74) is 5.37. The summed E-state index contributed by atoms with van der Waals surface area (Å²) in [6, 6.07) is 11.5. The van der Waals surface area contributed by atoms with Crippen LogP contribution in [0.3, 0.4) is 0 Å². The molecule has 3 unspecified atom stereocenters. The molecule has 1 aliphatic carbocycles. The van der Waals surface area contributed by atoms with E-state index in [1.807, 2.05) is 11.7 Å². The molecule has 0 radical (unpaired) electrons. The Morgan fingerprint density at radius 3 is 2.57 bits per heavy atom. The summed E-state index contributed by atoms with van der Waals surface area (Å²) in [6.45, 7) is 4.29. The van der Waals surface area contributed by atoms with Gasteiger partial charge in [-0.15, -0.1) is 0 Å². The van der Waals surface area contributed by atoms with Gasteiger partial charge in [-0.3, -0.25) is 4.68 Å². The molecular formula is C18H25N3. The monoisotopic (exact) mass is 283 g/mol. The van der Waals surface area contributed by atoms with Crippen molar-refractivity contribution in [3.8, 4) is 0 Å². The van der Waals surface area contributed by atoms with Gasteiger partial charge in [0.1, 0.15) is 0 Å². The molecule has 1 aromatic heterocycles. The van der Waals surface area contributed by atoms with E-state index in [1.165, 1.54) is 28.9 Å². The molecule has 1 saturated carbocycles. The third-order valence-electron chi connectivity index (χ3n) is 5.04. The van der Waals surface area contributed by atoms with Crippen molar-refractivity contribution in [1.29, 1.82) is 0 Å². The molecule has 0 bridgehead atoms. The highest BCUT2D eigenvalue weighted by molar-refractivity contribution is 5.30. The number of nitrogens with one attached hydrogen (secondary N) is 1. The van der Waals surface area contributed by atoms with Crippen molar-refractivity contribution >= 4 is 0 Å². The van der Waals surface area contributed by atoms with Crippen LogP contribution in [0.5, 0.6) is 0 Å². The van der Waals surface area contributed by atoms with E-state index in [2.05, 4.69) is 61.6 Å². The summed E-state index contributed by atoms with van der Waals surface area (Å²) < 4.78 is 2.00. The van der Waals surface area contributed by atoms with Crippen molar-refractivity contribution in [2.75, 3.05) is 7.05 Å². The molecule has 3 rings (SSSR count). The number of likely N-dealkylation sites (N-methyl/N-ethyl adjacent to an activating group) is 1. The highest BCUT2D eigenvalue weighted by Crippen LogP contribution is 2.50. The van der Waals surface area contributed by atoms with Crippen LogP contribution < -0.4 is 5.32 Å². The van der Waals surface area contributed by atoms with Crippen LogP contribution in [0.25, 0.3) is 0 Å². The smallest absolute Gasteiger partial charge is 0.0628 e. The Balaban J connectivity index is 1.73. The largest absolute Gasteiger partial charge is 0.316 e. The Morgan fingerprint density at radius 2 is 2.00 bits per heavy atom. The number of nitrogens with zero attached hydrogens (tertiary/aromatic N) is 2. The second-order valence-electron chi connectivity index (χ2n) is 6.29. The highest BCUT2D eigenvalue weighted by atomic mass is 15.3. The summed E-state index contributed by atoms with van der Waals surface area (Å²) >= 11 is 0. The fourth-order valence-electron chi connectivity index (χ4n) is 3.54. The Morgan fingerprint density at radius 1 is 1.29 bits per heavy atom. The van der Waals surface area contributed by atoms with Crippen molar-refractivity contribution < 1.29 is 0 Å². The van der Waals surface area contributed by atoms with Crippen LogP contribution in [0.15, 0.2) is 30.3 Å². The Bertz CT molecular complexity index is 615. The second kappa shape index (κ2) is 5.64. The van der Waals surface area contributed by atoms with Crippen molar-refractivity contribution in [3.05, 3.63) is 52.8 Å². The number of rotatable bonds is 5. The maximum absolute atomic E-state index is 4.54. The predicted molar refractivity (Wildman–Crippen MR) is 86.5 cm³/mol. The van der Waals surface area contributed by atoms with E-state index < -0.39 is 0 Å². The summed E-state index contributed by atoms with van der Waals surface area (Å²) in [5.74, 6) is 1.47. The van der Waals surface area contributed by atoms with E-state index in [1.54, 1.807) is 0 Å². The molecule has 112 valence electrons. The SMILES string of the molecule is CNC(Cc1c(C)nn(C)c1C)C1CC1c1ccccc1. The van der Waals surface area contributed by atoms with E-state index in [9.17, 15) is 0 Å². The molecule has 0 saturated heterocycles. The van der Waals surface area contributed by atoms with E-state index in [0.29, 0.717) is 6.04 Å². The van der Waals surface area contributed by atoms with Crippen LogP contribution >= 0.6 is 0 Å². The molecule has 0 amide bonds. The summed E-state index contributed by atoms with van der Waals surface area (Å²) in [4.78, 5) is 0. The Kier molecular flexibility index (Phi) is 3.85. The summed E-state index contributed by atoms with van der Waals surface area (Å²) in [5, 5.41) is 8.08. The van der Waals surface area contributed by atoms with Gasteiger partial charge in [-0.25, -0.2) is 0 Å². The molecule has 1 heterocycles.